The van der Waals surface area contributed by atoms with Crippen molar-refractivity contribution in [1.29, 1.82) is 0 Å². The largest absolute Gasteiger partial charge is 0.481 e. The molecule has 1 rings (SSSR count). The summed E-state index contributed by atoms with van der Waals surface area (Å²) in [5.74, 6) is 0.994. The Morgan fingerprint density at radius 1 is 1.38 bits per heavy atom. The van der Waals surface area contributed by atoms with Crippen molar-refractivity contribution < 1.29 is 32.6 Å². The number of phosphoric ester groups is 1. The summed E-state index contributed by atoms with van der Waals surface area (Å²) in [6.45, 7) is 3.92. The molecule has 0 aliphatic rings. The van der Waals surface area contributed by atoms with Crippen molar-refractivity contribution in [2.45, 2.75) is 39.3 Å². The summed E-state index contributed by atoms with van der Waals surface area (Å²) in [6, 6.07) is 0.0371. The lowest BCUT2D eigenvalue weighted by Crippen LogP contribution is -2.26. The number of nitrogens with one attached hydrogen (secondary N) is 1. The third kappa shape index (κ3) is 8.81. The van der Waals surface area contributed by atoms with Crippen molar-refractivity contribution in [2.75, 3.05) is 12.3 Å². The molecule has 0 saturated carbocycles. The Balaban J connectivity index is 2.28. The number of aromatic nitrogens is 2. The van der Waals surface area contributed by atoms with Crippen molar-refractivity contribution in [3.63, 3.8) is 0 Å². The number of anilines is 1. The van der Waals surface area contributed by atoms with Gasteiger partial charge in [0.05, 0.1) is 6.61 Å². The molecule has 2 atom stereocenters. The first-order chi connectivity index (χ1) is 11.0. The maximum absolute atomic E-state index is 11.2. The van der Waals surface area contributed by atoms with Gasteiger partial charge in [-0.05, 0) is 26.7 Å². The molecule has 0 aliphatic carbocycles. The highest BCUT2D eigenvalue weighted by molar-refractivity contribution is 7.60. The van der Waals surface area contributed by atoms with E-state index in [0.29, 0.717) is 31.0 Å². The van der Waals surface area contributed by atoms with E-state index in [0.717, 1.165) is 5.56 Å². The maximum Gasteiger partial charge on any atom is 0.481 e. The Kier molecular flexibility index (Phi) is 7.91. The van der Waals surface area contributed by atoms with Gasteiger partial charge in [-0.25, -0.2) is 19.1 Å². The van der Waals surface area contributed by atoms with E-state index in [-0.39, 0.29) is 12.6 Å². The fourth-order valence-electron chi connectivity index (χ4n) is 1.76. The topological polar surface area (TPSA) is 177 Å². The van der Waals surface area contributed by atoms with Gasteiger partial charge >= 0.3 is 15.6 Å². The van der Waals surface area contributed by atoms with Gasteiger partial charge in [-0.3, -0.25) is 4.52 Å². The molecule has 13 heteroatoms. The van der Waals surface area contributed by atoms with Gasteiger partial charge in [0.1, 0.15) is 11.6 Å². The fraction of sp³-hybridized carbons (Fsp3) is 0.636. The number of nitrogen functional groups attached to an aromatic ring is 1. The van der Waals surface area contributed by atoms with Gasteiger partial charge in [-0.2, -0.15) is 4.31 Å². The first-order valence-corrected chi connectivity index (χ1v) is 10.1. The van der Waals surface area contributed by atoms with Crippen LogP contribution in [0.25, 0.3) is 0 Å². The first-order valence-electron chi connectivity index (χ1n) is 7.04. The van der Waals surface area contributed by atoms with Crippen LogP contribution in [0.5, 0.6) is 0 Å². The van der Waals surface area contributed by atoms with Gasteiger partial charge in [-0.15, -0.1) is 0 Å². The summed E-state index contributed by atoms with van der Waals surface area (Å²) in [5.41, 5.74) is 6.54. The van der Waals surface area contributed by atoms with Gasteiger partial charge in [-0.1, -0.05) is 0 Å². The molecule has 1 aromatic rings. The number of aryl methyl sites for hydroxylation is 1. The van der Waals surface area contributed by atoms with Gasteiger partial charge < -0.3 is 25.7 Å². The molecule has 138 valence electrons. The third-order valence-corrected chi connectivity index (χ3v) is 5.09. The molecule has 0 aromatic carbocycles. The molecule has 1 heterocycles. The maximum atomic E-state index is 11.2. The monoisotopic (exact) mass is 384 g/mol. The van der Waals surface area contributed by atoms with Crippen molar-refractivity contribution in [1.82, 2.24) is 15.3 Å². The summed E-state index contributed by atoms with van der Waals surface area (Å²) in [5, 5.41) is 3.19. The van der Waals surface area contributed by atoms with Crippen molar-refractivity contribution in [3.8, 4) is 0 Å². The molecule has 11 nitrogen and oxygen atoms in total. The molecule has 6 N–H and O–H groups in total. The van der Waals surface area contributed by atoms with Crippen LogP contribution in [0.3, 0.4) is 0 Å². The predicted molar refractivity (Wildman–Crippen MR) is 85.6 cm³/mol. The Hall–Kier alpha value is -0.900. The molecule has 1 aromatic heterocycles. The Morgan fingerprint density at radius 3 is 2.62 bits per heavy atom. The molecule has 0 saturated heterocycles. The highest BCUT2D eigenvalue weighted by Crippen LogP contribution is 2.57. The molecule has 0 radical (unpaired) electrons. The minimum absolute atomic E-state index is 0.0371. The lowest BCUT2D eigenvalue weighted by molar-refractivity contribution is 0.174. The summed E-state index contributed by atoms with van der Waals surface area (Å²) in [4.78, 5) is 34.1. The quantitative estimate of drug-likeness (QED) is 0.285. The van der Waals surface area contributed by atoms with E-state index in [4.69, 9.17) is 20.4 Å². The van der Waals surface area contributed by atoms with E-state index >= 15 is 0 Å². The zero-order valence-corrected chi connectivity index (χ0v) is 15.1. The smallest absolute Gasteiger partial charge is 0.383 e. The van der Waals surface area contributed by atoms with Crippen molar-refractivity contribution >= 4 is 21.5 Å². The molecule has 0 aliphatic heterocycles. The summed E-state index contributed by atoms with van der Waals surface area (Å²) < 4.78 is 29.9. The number of hydrogen-bond acceptors (Lipinski definition) is 8. The van der Waals surface area contributed by atoms with Crippen LogP contribution in [0.2, 0.25) is 0 Å². The average Bonchev–Trinajstić information content (AvgIpc) is 2.40. The van der Waals surface area contributed by atoms with Crippen LogP contribution in [0, 0.1) is 6.92 Å². The van der Waals surface area contributed by atoms with E-state index in [1.54, 1.807) is 13.1 Å². The van der Waals surface area contributed by atoms with Crippen molar-refractivity contribution in [2.24, 2.45) is 0 Å². The molecule has 24 heavy (non-hydrogen) atoms. The lowest BCUT2D eigenvalue weighted by Gasteiger charge is -2.15. The van der Waals surface area contributed by atoms with Crippen LogP contribution in [0.4, 0.5) is 5.82 Å². The number of phosphoric acid groups is 2. The zero-order chi connectivity index (χ0) is 18.4. The minimum atomic E-state index is -5.08. The molecule has 0 bridgehead atoms. The highest BCUT2D eigenvalue weighted by Gasteiger charge is 2.31. The summed E-state index contributed by atoms with van der Waals surface area (Å²) in [7, 11) is -9.85. The first kappa shape index (κ1) is 21.1. The van der Waals surface area contributed by atoms with Crippen LogP contribution in [-0.2, 0) is 24.5 Å². The lowest BCUT2D eigenvalue weighted by atomic mass is 10.2. The second-order valence-electron chi connectivity index (χ2n) is 5.13. The minimum Gasteiger partial charge on any atom is -0.383 e. The van der Waals surface area contributed by atoms with E-state index in [2.05, 4.69) is 24.1 Å². The average molecular weight is 384 g/mol. The third-order valence-electron chi connectivity index (χ3n) is 2.90. The van der Waals surface area contributed by atoms with E-state index in [1.165, 1.54) is 0 Å². The van der Waals surface area contributed by atoms with Gasteiger partial charge in [0.15, 0.2) is 0 Å². The standard InChI is InChI=1S/C11H22N4O7P2/c1-8(13-6-10-7-14-9(2)15-11(10)12)4-3-5-21-24(19,20)22-23(16,17)18/h7-8,13H,3-6H2,1-2H3,(H,19,20)(H2,12,14,15)(H2,16,17,18). The summed E-state index contributed by atoms with van der Waals surface area (Å²) in [6.07, 6.45) is 2.60. The van der Waals surface area contributed by atoms with Crippen LogP contribution in [-0.4, -0.2) is 37.3 Å². The Bertz CT molecular complexity index is 639. The Labute approximate surface area is 139 Å². The number of rotatable bonds is 10. The molecular formula is C11H22N4O7P2. The molecular weight excluding hydrogens is 362 g/mol. The SMILES string of the molecule is Cc1ncc(CNC(C)CCCOP(=O)(O)OP(=O)(O)O)c(N)n1. The second-order valence-corrected chi connectivity index (χ2v) is 7.96. The highest BCUT2D eigenvalue weighted by atomic mass is 31.3. The molecule has 0 fully saturated rings. The zero-order valence-electron chi connectivity index (χ0n) is 13.3. The number of nitrogens with zero attached hydrogens (tertiary/aromatic N) is 2. The molecule has 0 amide bonds. The van der Waals surface area contributed by atoms with E-state index in [1.807, 2.05) is 6.92 Å². The van der Waals surface area contributed by atoms with Gasteiger partial charge in [0.25, 0.3) is 0 Å². The van der Waals surface area contributed by atoms with Crippen LogP contribution < -0.4 is 11.1 Å². The number of hydrogen-bond donors (Lipinski definition) is 5. The molecule has 0 spiro atoms. The van der Waals surface area contributed by atoms with E-state index in [9.17, 15) is 9.13 Å². The summed E-state index contributed by atoms with van der Waals surface area (Å²) >= 11 is 0. The van der Waals surface area contributed by atoms with Crippen molar-refractivity contribution in [3.05, 3.63) is 17.6 Å². The number of nitrogens with two attached hydrogens (primary N) is 1. The Morgan fingerprint density at radius 2 is 2.04 bits per heavy atom. The second kappa shape index (κ2) is 8.98. The van der Waals surface area contributed by atoms with Crippen LogP contribution >= 0.6 is 15.6 Å². The van der Waals surface area contributed by atoms with Crippen LogP contribution in [0.1, 0.15) is 31.2 Å². The van der Waals surface area contributed by atoms with Gasteiger partial charge in [0.2, 0.25) is 0 Å². The predicted octanol–water partition coefficient (Wildman–Crippen LogP) is 0.852. The van der Waals surface area contributed by atoms with Crippen LogP contribution in [0.15, 0.2) is 6.20 Å². The normalized spacial score (nSPS) is 15.9. The van der Waals surface area contributed by atoms with E-state index < -0.39 is 15.6 Å². The molecule has 2 unspecified atom stereocenters. The fourth-order valence-corrected chi connectivity index (χ4v) is 3.39. The van der Waals surface area contributed by atoms with Gasteiger partial charge in [0, 0.05) is 24.3 Å².